The van der Waals surface area contributed by atoms with Crippen molar-refractivity contribution in [3.8, 4) is 0 Å². The van der Waals surface area contributed by atoms with Crippen LogP contribution in [-0.2, 0) is 16.6 Å². The molecule has 1 rings (SSSR count). The van der Waals surface area contributed by atoms with Gasteiger partial charge in [-0.05, 0) is 24.1 Å². The van der Waals surface area contributed by atoms with Crippen LogP contribution < -0.4 is 0 Å². The third-order valence-corrected chi connectivity index (χ3v) is 4.41. The van der Waals surface area contributed by atoms with Crippen molar-refractivity contribution in [2.24, 2.45) is 0 Å². The molecule has 0 unspecified atom stereocenters. The molecule has 0 aliphatic heterocycles. The molecule has 1 aromatic carbocycles. The van der Waals surface area contributed by atoms with Crippen LogP contribution in [0.4, 0.5) is 0 Å². The summed E-state index contributed by atoms with van der Waals surface area (Å²) < 4.78 is 25.0. The minimum atomic E-state index is -3.21. The second-order valence-corrected chi connectivity index (χ2v) is 6.41. The molecule has 0 radical (unpaired) electrons. The van der Waals surface area contributed by atoms with Gasteiger partial charge in [0.25, 0.3) is 0 Å². The Morgan fingerprint density at radius 1 is 1.47 bits per heavy atom. The Balaban J connectivity index is 2.71. The maximum atomic E-state index is 11.8. The van der Waals surface area contributed by atoms with Crippen molar-refractivity contribution in [2.45, 2.75) is 13.0 Å². The molecule has 0 fully saturated rings. The number of halogens is 1. The molecule has 0 aliphatic rings. The molecule has 0 spiro atoms. The highest BCUT2D eigenvalue weighted by molar-refractivity contribution is 7.89. The zero-order chi connectivity index (χ0) is 12.9. The van der Waals surface area contributed by atoms with E-state index in [1.807, 2.05) is 12.1 Å². The van der Waals surface area contributed by atoms with Crippen molar-refractivity contribution >= 4 is 21.6 Å². The molecule has 5 heteroatoms. The van der Waals surface area contributed by atoms with Gasteiger partial charge >= 0.3 is 0 Å². The van der Waals surface area contributed by atoms with Crippen molar-refractivity contribution in [1.82, 2.24) is 4.31 Å². The van der Waals surface area contributed by atoms with E-state index in [0.717, 1.165) is 5.56 Å². The molecule has 17 heavy (non-hydrogen) atoms. The van der Waals surface area contributed by atoms with Crippen LogP contribution in [0.5, 0.6) is 0 Å². The van der Waals surface area contributed by atoms with E-state index in [2.05, 4.69) is 6.58 Å². The SMILES string of the molecule is C=CCCS(=O)(=O)N(C)Cc1cccc(Cl)c1. The Labute approximate surface area is 108 Å². The average molecular weight is 274 g/mol. The van der Waals surface area contributed by atoms with E-state index in [1.165, 1.54) is 4.31 Å². The second kappa shape index (κ2) is 6.19. The summed E-state index contributed by atoms with van der Waals surface area (Å²) in [6.07, 6.45) is 2.06. The van der Waals surface area contributed by atoms with E-state index in [4.69, 9.17) is 11.6 Å². The lowest BCUT2D eigenvalue weighted by molar-refractivity contribution is 0.467. The Morgan fingerprint density at radius 2 is 2.18 bits per heavy atom. The zero-order valence-electron chi connectivity index (χ0n) is 9.77. The summed E-state index contributed by atoms with van der Waals surface area (Å²) in [6, 6.07) is 7.19. The van der Waals surface area contributed by atoms with E-state index in [0.29, 0.717) is 18.0 Å². The highest BCUT2D eigenvalue weighted by Gasteiger charge is 2.16. The predicted octanol–water partition coefficient (Wildman–Crippen LogP) is 2.68. The van der Waals surface area contributed by atoms with E-state index >= 15 is 0 Å². The molecule has 3 nitrogen and oxygen atoms in total. The summed E-state index contributed by atoms with van der Waals surface area (Å²) in [6.45, 7) is 3.85. The van der Waals surface area contributed by atoms with Crippen molar-refractivity contribution in [3.05, 3.63) is 47.5 Å². The molecule has 0 saturated carbocycles. The van der Waals surface area contributed by atoms with Crippen molar-refractivity contribution in [3.63, 3.8) is 0 Å². The number of rotatable bonds is 6. The zero-order valence-corrected chi connectivity index (χ0v) is 11.3. The Kier molecular flexibility index (Phi) is 5.18. The van der Waals surface area contributed by atoms with Crippen molar-refractivity contribution in [1.29, 1.82) is 0 Å². The van der Waals surface area contributed by atoms with Crippen LogP contribution >= 0.6 is 11.6 Å². The minimum absolute atomic E-state index is 0.0908. The molecule has 0 atom stereocenters. The normalized spacial score (nSPS) is 11.7. The first-order valence-corrected chi connectivity index (χ1v) is 7.24. The molecule has 1 aromatic rings. The van der Waals surface area contributed by atoms with E-state index in [-0.39, 0.29) is 5.75 Å². The third kappa shape index (κ3) is 4.50. The summed E-state index contributed by atoms with van der Waals surface area (Å²) in [5.74, 6) is 0.0908. The van der Waals surface area contributed by atoms with E-state index in [9.17, 15) is 8.42 Å². The molecule has 0 heterocycles. The van der Waals surface area contributed by atoms with Crippen molar-refractivity contribution < 1.29 is 8.42 Å². The predicted molar refractivity (Wildman–Crippen MR) is 71.5 cm³/mol. The number of allylic oxidation sites excluding steroid dienone is 1. The largest absolute Gasteiger partial charge is 0.214 e. The molecule has 0 amide bonds. The van der Waals surface area contributed by atoms with Crippen LogP contribution in [0.3, 0.4) is 0 Å². The Morgan fingerprint density at radius 3 is 2.76 bits per heavy atom. The van der Waals surface area contributed by atoms with Gasteiger partial charge in [-0.15, -0.1) is 6.58 Å². The second-order valence-electron chi connectivity index (χ2n) is 3.78. The Bertz CT molecular complexity index is 485. The maximum absolute atomic E-state index is 11.8. The summed E-state index contributed by atoms with van der Waals surface area (Å²) in [5.41, 5.74) is 0.877. The van der Waals surface area contributed by atoms with Crippen LogP contribution in [-0.4, -0.2) is 25.5 Å². The molecular formula is C12H16ClNO2S. The summed E-state index contributed by atoms with van der Waals surface area (Å²) in [7, 11) is -1.65. The Hall–Kier alpha value is -0.840. The van der Waals surface area contributed by atoms with E-state index in [1.54, 1.807) is 25.3 Å². The highest BCUT2D eigenvalue weighted by Crippen LogP contribution is 2.14. The molecule has 0 bridgehead atoms. The third-order valence-electron chi connectivity index (χ3n) is 2.35. The first-order valence-electron chi connectivity index (χ1n) is 5.25. The van der Waals surface area contributed by atoms with Gasteiger partial charge in [-0.3, -0.25) is 0 Å². The molecule has 0 aromatic heterocycles. The fourth-order valence-corrected chi connectivity index (χ4v) is 2.71. The van der Waals surface area contributed by atoms with Gasteiger partial charge in [0.1, 0.15) is 0 Å². The quantitative estimate of drug-likeness (QED) is 0.748. The van der Waals surface area contributed by atoms with E-state index < -0.39 is 10.0 Å². The monoisotopic (exact) mass is 273 g/mol. The summed E-state index contributed by atoms with van der Waals surface area (Å²) in [4.78, 5) is 0. The van der Waals surface area contributed by atoms with Crippen molar-refractivity contribution in [2.75, 3.05) is 12.8 Å². The standard InChI is InChI=1S/C12H16ClNO2S/c1-3-4-8-17(15,16)14(2)10-11-6-5-7-12(13)9-11/h3,5-7,9H,1,4,8,10H2,2H3. The molecule has 0 N–H and O–H groups in total. The number of sulfonamides is 1. The van der Waals surface area contributed by atoms with Crippen LogP contribution in [0, 0.1) is 0 Å². The lowest BCUT2D eigenvalue weighted by atomic mass is 10.2. The number of nitrogens with zero attached hydrogens (tertiary/aromatic N) is 1. The summed E-state index contributed by atoms with van der Waals surface area (Å²) >= 11 is 5.84. The highest BCUT2D eigenvalue weighted by atomic mass is 35.5. The minimum Gasteiger partial charge on any atom is -0.212 e. The number of hydrogen-bond acceptors (Lipinski definition) is 2. The van der Waals surface area contributed by atoms with Gasteiger partial charge in [-0.1, -0.05) is 29.8 Å². The fraction of sp³-hybridized carbons (Fsp3) is 0.333. The first-order chi connectivity index (χ1) is 7.95. The number of hydrogen-bond donors (Lipinski definition) is 0. The smallest absolute Gasteiger partial charge is 0.212 e. The van der Waals surface area contributed by atoms with Gasteiger partial charge in [0.2, 0.25) is 10.0 Å². The van der Waals surface area contributed by atoms with Crippen LogP contribution in [0.25, 0.3) is 0 Å². The molecular weight excluding hydrogens is 258 g/mol. The van der Waals surface area contributed by atoms with Gasteiger partial charge in [0.15, 0.2) is 0 Å². The van der Waals surface area contributed by atoms with Gasteiger partial charge in [-0.25, -0.2) is 12.7 Å². The topological polar surface area (TPSA) is 37.4 Å². The molecule has 0 saturated heterocycles. The first kappa shape index (κ1) is 14.2. The van der Waals surface area contributed by atoms with Crippen LogP contribution in [0.15, 0.2) is 36.9 Å². The summed E-state index contributed by atoms with van der Waals surface area (Å²) in [5, 5.41) is 0.611. The van der Waals surface area contributed by atoms with Gasteiger partial charge in [0.05, 0.1) is 5.75 Å². The maximum Gasteiger partial charge on any atom is 0.214 e. The molecule has 0 aliphatic carbocycles. The van der Waals surface area contributed by atoms with Gasteiger partial charge in [-0.2, -0.15) is 0 Å². The van der Waals surface area contributed by atoms with Crippen LogP contribution in [0.1, 0.15) is 12.0 Å². The fourth-order valence-electron chi connectivity index (χ4n) is 1.38. The molecule has 94 valence electrons. The number of benzene rings is 1. The van der Waals surface area contributed by atoms with Gasteiger partial charge in [0, 0.05) is 18.6 Å². The van der Waals surface area contributed by atoms with Crippen LogP contribution in [0.2, 0.25) is 5.02 Å². The van der Waals surface area contributed by atoms with Gasteiger partial charge < -0.3 is 0 Å². The lowest BCUT2D eigenvalue weighted by Crippen LogP contribution is -2.28. The lowest BCUT2D eigenvalue weighted by Gasteiger charge is -2.16. The average Bonchev–Trinajstić information content (AvgIpc) is 2.26.